The van der Waals surface area contributed by atoms with Crippen LogP contribution in [0.3, 0.4) is 0 Å². The topological polar surface area (TPSA) is 35.0 Å². The van der Waals surface area contributed by atoms with Crippen molar-refractivity contribution in [3.05, 3.63) is 47.7 Å². The first-order chi connectivity index (χ1) is 8.19. The van der Waals surface area contributed by atoms with E-state index in [2.05, 4.69) is 9.97 Å². The third kappa shape index (κ3) is 2.78. The Balaban J connectivity index is 2.29. The molecule has 0 amide bonds. The van der Waals surface area contributed by atoms with Crippen molar-refractivity contribution in [2.75, 3.05) is 0 Å². The summed E-state index contributed by atoms with van der Waals surface area (Å²) < 4.78 is 18.4. The summed E-state index contributed by atoms with van der Waals surface area (Å²) in [4.78, 5) is 8.01. The molecule has 0 aromatic carbocycles. The number of halogens is 1. The van der Waals surface area contributed by atoms with Crippen LogP contribution in [0.2, 0.25) is 0 Å². The van der Waals surface area contributed by atoms with Crippen molar-refractivity contribution in [2.24, 2.45) is 0 Å². The highest BCUT2D eigenvalue weighted by Gasteiger charge is 2.06. The van der Waals surface area contributed by atoms with Gasteiger partial charge in [0.15, 0.2) is 5.75 Å². The molecule has 0 unspecified atom stereocenters. The van der Waals surface area contributed by atoms with Gasteiger partial charge in [0.05, 0.1) is 5.69 Å². The molecule has 2 rings (SSSR count). The molecule has 2 aromatic rings. The van der Waals surface area contributed by atoms with Gasteiger partial charge in [0, 0.05) is 11.8 Å². The minimum atomic E-state index is -0.555. The number of nitrogens with zero attached hydrogens (tertiary/aromatic N) is 2. The fraction of sp³-hybridized carbons (Fsp3) is 0.231. The lowest BCUT2D eigenvalue weighted by Gasteiger charge is -2.08. The normalized spacial score (nSPS) is 10.3. The van der Waals surface area contributed by atoms with Gasteiger partial charge in [0.2, 0.25) is 11.8 Å². The standard InChI is InChI=1S/C13H13FN2O/c1-3-10-11(8-7-9(2)15-10)17-13-6-4-5-12(14)16-13/h4-8H,3H2,1-2H3. The van der Waals surface area contributed by atoms with Crippen LogP contribution in [0.1, 0.15) is 18.3 Å². The van der Waals surface area contributed by atoms with Gasteiger partial charge in [-0.15, -0.1) is 0 Å². The Bertz CT molecular complexity index is 529. The predicted molar refractivity (Wildman–Crippen MR) is 62.6 cm³/mol. The maximum Gasteiger partial charge on any atom is 0.221 e. The van der Waals surface area contributed by atoms with E-state index in [1.165, 1.54) is 6.07 Å². The number of hydrogen-bond donors (Lipinski definition) is 0. The summed E-state index contributed by atoms with van der Waals surface area (Å²) >= 11 is 0. The molecule has 2 aromatic heterocycles. The third-order valence-corrected chi connectivity index (χ3v) is 2.31. The third-order valence-electron chi connectivity index (χ3n) is 2.31. The number of ether oxygens (including phenoxy) is 1. The summed E-state index contributed by atoms with van der Waals surface area (Å²) in [6, 6.07) is 8.13. The predicted octanol–water partition coefficient (Wildman–Crippen LogP) is 3.28. The Labute approximate surface area is 99.3 Å². The Kier molecular flexibility index (Phi) is 3.32. The van der Waals surface area contributed by atoms with Gasteiger partial charge in [-0.25, -0.2) is 0 Å². The highest BCUT2D eigenvalue weighted by Crippen LogP contribution is 2.23. The Hall–Kier alpha value is -1.97. The van der Waals surface area contributed by atoms with Gasteiger partial charge in [-0.05, 0) is 31.5 Å². The van der Waals surface area contributed by atoms with Gasteiger partial charge < -0.3 is 4.74 Å². The Morgan fingerprint density at radius 2 is 2.00 bits per heavy atom. The number of aryl methyl sites for hydroxylation is 2. The van der Waals surface area contributed by atoms with Crippen LogP contribution in [0.25, 0.3) is 0 Å². The monoisotopic (exact) mass is 232 g/mol. The van der Waals surface area contributed by atoms with Crippen LogP contribution in [0.5, 0.6) is 11.6 Å². The maximum absolute atomic E-state index is 12.9. The van der Waals surface area contributed by atoms with Gasteiger partial charge >= 0.3 is 0 Å². The van der Waals surface area contributed by atoms with Gasteiger partial charge in [-0.3, -0.25) is 4.98 Å². The van der Waals surface area contributed by atoms with Crippen molar-refractivity contribution in [1.29, 1.82) is 0 Å². The molecular weight excluding hydrogens is 219 g/mol. The first-order valence-electron chi connectivity index (χ1n) is 5.46. The number of rotatable bonds is 3. The molecule has 0 spiro atoms. The summed E-state index contributed by atoms with van der Waals surface area (Å²) in [5.74, 6) is 0.308. The van der Waals surface area contributed by atoms with Gasteiger partial charge in [0.1, 0.15) is 0 Å². The van der Waals surface area contributed by atoms with E-state index in [0.29, 0.717) is 5.75 Å². The molecule has 88 valence electrons. The summed E-state index contributed by atoms with van der Waals surface area (Å²) in [6.45, 7) is 3.91. The van der Waals surface area contributed by atoms with Gasteiger partial charge in [-0.2, -0.15) is 9.37 Å². The molecule has 2 heterocycles. The molecule has 0 aliphatic rings. The lowest BCUT2D eigenvalue weighted by molar-refractivity contribution is 0.438. The van der Waals surface area contributed by atoms with Gasteiger partial charge in [-0.1, -0.05) is 13.0 Å². The van der Waals surface area contributed by atoms with Crippen LogP contribution < -0.4 is 4.74 Å². The average molecular weight is 232 g/mol. The fourth-order valence-electron chi connectivity index (χ4n) is 1.50. The molecule has 0 aliphatic carbocycles. The molecule has 0 aliphatic heterocycles. The summed E-state index contributed by atoms with van der Waals surface area (Å²) in [5, 5.41) is 0. The largest absolute Gasteiger partial charge is 0.437 e. The molecule has 0 atom stereocenters. The molecule has 0 N–H and O–H groups in total. The smallest absolute Gasteiger partial charge is 0.221 e. The van der Waals surface area contributed by atoms with Crippen LogP contribution >= 0.6 is 0 Å². The highest BCUT2D eigenvalue weighted by molar-refractivity contribution is 5.32. The van der Waals surface area contributed by atoms with Crippen molar-refractivity contribution in [3.8, 4) is 11.6 Å². The van der Waals surface area contributed by atoms with Crippen molar-refractivity contribution < 1.29 is 9.13 Å². The van der Waals surface area contributed by atoms with Crippen molar-refractivity contribution in [1.82, 2.24) is 9.97 Å². The molecular formula is C13H13FN2O. The first kappa shape index (κ1) is 11.5. The van der Waals surface area contributed by atoms with Crippen molar-refractivity contribution in [3.63, 3.8) is 0 Å². The van der Waals surface area contributed by atoms with Gasteiger partial charge in [0.25, 0.3) is 0 Å². The van der Waals surface area contributed by atoms with E-state index in [0.717, 1.165) is 17.8 Å². The first-order valence-corrected chi connectivity index (χ1v) is 5.46. The minimum Gasteiger partial charge on any atom is -0.437 e. The molecule has 0 bridgehead atoms. The molecule has 4 heteroatoms. The van der Waals surface area contributed by atoms with Crippen LogP contribution in [0, 0.1) is 12.9 Å². The summed E-state index contributed by atoms with van der Waals surface area (Å²) in [5.41, 5.74) is 1.78. The quantitative estimate of drug-likeness (QED) is 0.762. The second-order valence-corrected chi connectivity index (χ2v) is 3.65. The molecule has 17 heavy (non-hydrogen) atoms. The lowest BCUT2D eigenvalue weighted by Crippen LogP contribution is -1.97. The van der Waals surface area contributed by atoms with E-state index in [1.54, 1.807) is 12.1 Å². The number of hydrogen-bond acceptors (Lipinski definition) is 3. The zero-order valence-corrected chi connectivity index (χ0v) is 9.77. The molecule has 0 fully saturated rings. The van der Waals surface area contributed by atoms with E-state index in [-0.39, 0.29) is 5.88 Å². The second kappa shape index (κ2) is 4.91. The Morgan fingerprint density at radius 3 is 2.71 bits per heavy atom. The van der Waals surface area contributed by atoms with Crippen LogP contribution in [-0.2, 0) is 6.42 Å². The zero-order chi connectivity index (χ0) is 12.3. The number of pyridine rings is 2. The van der Waals surface area contributed by atoms with E-state index in [1.807, 2.05) is 26.0 Å². The SMILES string of the molecule is CCc1nc(C)ccc1Oc1cccc(F)n1. The zero-order valence-electron chi connectivity index (χ0n) is 9.77. The van der Waals surface area contributed by atoms with Crippen LogP contribution in [-0.4, -0.2) is 9.97 Å². The van der Waals surface area contributed by atoms with Crippen LogP contribution in [0.4, 0.5) is 4.39 Å². The molecule has 0 radical (unpaired) electrons. The van der Waals surface area contributed by atoms with Crippen LogP contribution in [0.15, 0.2) is 30.3 Å². The molecule has 3 nitrogen and oxygen atoms in total. The minimum absolute atomic E-state index is 0.241. The van der Waals surface area contributed by atoms with Crippen molar-refractivity contribution in [2.45, 2.75) is 20.3 Å². The van der Waals surface area contributed by atoms with E-state index >= 15 is 0 Å². The average Bonchev–Trinajstić information content (AvgIpc) is 2.31. The fourth-order valence-corrected chi connectivity index (χ4v) is 1.50. The summed E-state index contributed by atoms with van der Waals surface area (Å²) in [7, 11) is 0. The van der Waals surface area contributed by atoms with E-state index in [4.69, 9.17) is 4.74 Å². The molecule has 0 saturated heterocycles. The van der Waals surface area contributed by atoms with E-state index < -0.39 is 5.95 Å². The second-order valence-electron chi connectivity index (χ2n) is 3.65. The Morgan fingerprint density at radius 1 is 1.18 bits per heavy atom. The van der Waals surface area contributed by atoms with E-state index in [9.17, 15) is 4.39 Å². The highest BCUT2D eigenvalue weighted by atomic mass is 19.1. The summed E-state index contributed by atoms with van der Waals surface area (Å²) in [6.07, 6.45) is 0.756. The van der Waals surface area contributed by atoms with Crippen molar-refractivity contribution >= 4 is 0 Å². The maximum atomic E-state index is 12.9. The molecule has 0 saturated carbocycles. The lowest BCUT2D eigenvalue weighted by atomic mass is 10.2. The number of aromatic nitrogens is 2.